The first-order chi connectivity index (χ1) is 9.00. The first-order valence-corrected chi connectivity index (χ1v) is 7.33. The molecule has 1 fully saturated rings. The lowest BCUT2D eigenvalue weighted by Crippen LogP contribution is -2.36. The van der Waals surface area contributed by atoms with Crippen LogP contribution in [-0.2, 0) is 17.8 Å². The molecule has 1 aromatic rings. The summed E-state index contributed by atoms with van der Waals surface area (Å²) in [5.41, 5.74) is 1.02. The summed E-state index contributed by atoms with van der Waals surface area (Å²) >= 11 is 6.30. The smallest absolute Gasteiger partial charge is 0.310 e. The summed E-state index contributed by atoms with van der Waals surface area (Å²) in [5.74, 6) is -0.690. The van der Waals surface area contributed by atoms with Crippen molar-refractivity contribution in [2.45, 2.75) is 58.9 Å². The normalized spacial score (nSPS) is 18.5. The zero-order valence-corrected chi connectivity index (χ0v) is 12.3. The van der Waals surface area contributed by atoms with Crippen molar-refractivity contribution in [2.24, 2.45) is 5.41 Å². The summed E-state index contributed by atoms with van der Waals surface area (Å²) < 4.78 is 1.84. The van der Waals surface area contributed by atoms with E-state index < -0.39 is 11.4 Å². The van der Waals surface area contributed by atoms with Crippen LogP contribution in [0.4, 0.5) is 0 Å². The molecule has 4 nitrogen and oxygen atoms in total. The van der Waals surface area contributed by atoms with Crippen LogP contribution < -0.4 is 0 Å². The monoisotopic (exact) mass is 284 g/mol. The van der Waals surface area contributed by atoms with Crippen LogP contribution in [0.25, 0.3) is 0 Å². The van der Waals surface area contributed by atoms with Gasteiger partial charge in [-0.1, -0.05) is 30.9 Å². The van der Waals surface area contributed by atoms with E-state index in [1.165, 1.54) is 0 Å². The molecular weight excluding hydrogens is 264 g/mol. The van der Waals surface area contributed by atoms with Crippen LogP contribution in [0, 0.1) is 12.3 Å². The van der Waals surface area contributed by atoms with Gasteiger partial charge < -0.3 is 5.11 Å². The van der Waals surface area contributed by atoms with Crippen LogP contribution in [0.15, 0.2) is 0 Å². The predicted molar refractivity (Wildman–Crippen MR) is 74.5 cm³/mol. The van der Waals surface area contributed by atoms with E-state index in [0.29, 0.717) is 11.4 Å². The molecule has 0 bridgehead atoms. The fourth-order valence-corrected chi connectivity index (χ4v) is 3.26. The average Bonchev–Trinajstić information content (AvgIpc) is 2.67. The quantitative estimate of drug-likeness (QED) is 0.921. The van der Waals surface area contributed by atoms with Gasteiger partial charge in [-0.15, -0.1) is 0 Å². The molecule has 0 unspecified atom stereocenters. The Balaban J connectivity index is 2.34. The molecule has 0 amide bonds. The van der Waals surface area contributed by atoms with Gasteiger partial charge in [0, 0.05) is 13.0 Å². The number of carboxylic acids is 1. The van der Waals surface area contributed by atoms with Gasteiger partial charge in [-0.3, -0.25) is 9.48 Å². The maximum absolute atomic E-state index is 11.7. The third kappa shape index (κ3) is 2.64. The summed E-state index contributed by atoms with van der Waals surface area (Å²) in [5, 5.41) is 14.6. The number of hydrogen-bond donors (Lipinski definition) is 1. The summed E-state index contributed by atoms with van der Waals surface area (Å²) in [6.45, 7) is 4.59. The Morgan fingerprint density at radius 1 is 1.42 bits per heavy atom. The zero-order chi connectivity index (χ0) is 14.0. The van der Waals surface area contributed by atoms with Crippen molar-refractivity contribution >= 4 is 17.6 Å². The molecule has 5 heteroatoms. The van der Waals surface area contributed by atoms with Crippen LogP contribution in [0.3, 0.4) is 0 Å². The Hall–Kier alpha value is -1.03. The number of carbonyl (C=O) groups is 1. The lowest BCUT2D eigenvalue weighted by molar-refractivity contribution is -0.151. The van der Waals surface area contributed by atoms with E-state index in [9.17, 15) is 9.90 Å². The number of aromatic nitrogens is 2. The molecule has 1 aliphatic carbocycles. The van der Waals surface area contributed by atoms with Crippen molar-refractivity contribution in [3.8, 4) is 0 Å². The number of aryl methyl sites for hydroxylation is 2. The highest BCUT2D eigenvalue weighted by Gasteiger charge is 2.41. The highest BCUT2D eigenvalue weighted by Crippen LogP contribution is 2.41. The molecule has 1 heterocycles. The molecule has 0 aromatic carbocycles. The molecule has 19 heavy (non-hydrogen) atoms. The van der Waals surface area contributed by atoms with Gasteiger partial charge in [-0.25, -0.2) is 0 Å². The van der Waals surface area contributed by atoms with Crippen LogP contribution >= 0.6 is 11.6 Å². The zero-order valence-electron chi connectivity index (χ0n) is 11.6. The van der Waals surface area contributed by atoms with Gasteiger partial charge >= 0.3 is 5.97 Å². The second-order valence-electron chi connectivity index (χ2n) is 5.48. The van der Waals surface area contributed by atoms with Gasteiger partial charge in [0.25, 0.3) is 0 Å². The molecule has 1 aromatic heterocycles. The van der Waals surface area contributed by atoms with E-state index in [-0.39, 0.29) is 0 Å². The Morgan fingerprint density at radius 3 is 2.58 bits per heavy atom. The molecule has 1 aliphatic rings. The molecule has 2 rings (SSSR count). The van der Waals surface area contributed by atoms with Crippen molar-refractivity contribution in [1.29, 1.82) is 0 Å². The highest BCUT2D eigenvalue weighted by atomic mass is 35.5. The van der Waals surface area contributed by atoms with Crippen LogP contribution in [0.2, 0.25) is 5.02 Å². The topological polar surface area (TPSA) is 55.1 Å². The molecule has 0 saturated heterocycles. The maximum Gasteiger partial charge on any atom is 0.310 e. The van der Waals surface area contributed by atoms with E-state index in [1.807, 2.05) is 18.5 Å². The minimum atomic E-state index is -0.690. The minimum absolute atomic E-state index is 0.496. The van der Waals surface area contributed by atoms with Gasteiger partial charge in [-0.05, 0) is 26.7 Å². The molecule has 106 valence electrons. The Kier molecular flexibility index (Phi) is 4.19. The van der Waals surface area contributed by atoms with Crippen molar-refractivity contribution in [2.75, 3.05) is 0 Å². The van der Waals surface area contributed by atoms with E-state index in [4.69, 9.17) is 11.6 Å². The number of aliphatic carboxylic acids is 1. The van der Waals surface area contributed by atoms with Crippen molar-refractivity contribution in [3.05, 3.63) is 16.4 Å². The van der Waals surface area contributed by atoms with E-state index in [0.717, 1.165) is 50.0 Å². The van der Waals surface area contributed by atoms with Crippen molar-refractivity contribution in [3.63, 3.8) is 0 Å². The Bertz CT molecular complexity index is 476. The first-order valence-electron chi connectivity index (χ1n) is 6.95. The number of halogens is 1. The van der Waals surface area contributed by atoms with Crippen molar-refractivity contribution in [1.82, 2.24) is 9.78 Å². The first kappa shape index (κ1) is 14.4. The van der Waals surface area contributed by atoms with Crippen LogP contribution in [0.5, 0.6) is 0 Å². The van der Waals surface area contributed by atoms with Gasteiger partial charge in [0.2, 0.25) is 0 Å². The number of carboxylic acid groups (broad SMARTS) is 1. The second kappa shape index (κ2) is 5.53. The molecule has 0 spiro atoms. The largest absolute Gasteiger partial charge is 0.481 e. The Labute approximate surface area is 118 Å². The van der Waals surface area contributed by atoms with Crippen LogP contribution in [-0.4, -0.2) is 20.9 Å². The van der Waals surface area contributed by atoms with Gasteiger partial charge in [0.1, 0.15) is 0 Å². The van der Waals surface area contributed by atoms with Gasteiger partial charge in [0.05, 0.1) is 21.8 Å². The SMILES string of the molecule is CCn1nc(C)c(Cl)c1CC1(C(=O)O)CCCCC1. The molecular formula is C14H21ClN2O2. The maximum atomic E-state index is 11.7. The molecule has 1 saturated carbocycles. The molecule has 0 aliphatic heterocycles. The third-order valence-corrected chi connectivity index (χ3v) is 4.71. The highest BCUT2D eigenvalue weighted by molar-refractivity contribution is 6.31. The summed E-state index contributed by atoms with van der Waals surface area (Å²) in [7, 11) is 0. The number of rotatable bonds is 4. The lowest BCUT2D eigenvalue weighted by atomic mass is 9.71. The van der Waals surface area contributed by atoms with E-state index in [2.05, 4.69) is 5.10 Å². The predicted octanol–water partition coefficient (Wildman–Crippen LogP) is 3.44. The van der Waals surface area contributed by atoms with Crippen molar-refractivity contribution < 1.29 is 9.90 Å². The number of nitrogens with zero attached hydrogens (tertiary/aromatic N) is 2. The van der Waals surface area contributed by atoms with Gasteiger partial charge in [-0.2, -0.15) is 5.10 Å². The summed E-state index contributed by atoms with van der Waals surface area (Å²) in [6.07, 6.45) is 5.09. The summed E-state index contributed by atoms with van der Waals surface area (Å²) in [6, 6.07) is 0. The molecule has 0 radical (unpaired) electrons. The molecule has 0 atom stereocenters. The standard InChI is InChI=1S/C14H21ClN2O2/c1-3-17-11(12(15)10(2)16-17)9-14(13(18)19)7-5-4-6-8-14/h3-9H2,1-2H3,(H,18,19). The summed E-state index contributed by atoms with van der Waals surface area (Å²) in [4.78, 5) is 11.7. The lowest BCUT2D eigenvalue weighted by Gasteiger charge is -2.33. The fraction of sp³-hybridized carbons (Fsp3) is 0.714. The molecule has 1 N–H and O–H groups in total. The van der Waals surface area contributed by atoms with Gasteiger partial charge in [0.15, 0.2) is 0 Å². The average molecular weight is 285 g/mol. The van der Waals surface area contributed by atoms with E-state index in [1.54, 1.807) is 0 Å². The third-order valence-electron chi connectivity index (χ3n) is 4.22. The number of hydrogen-bond acceptors (Lipinski definition) is 2. The fourth-order valence-electron chi connectivity index (χ4n) is 3.05. The second-order valence-corrected chi connectivity index (χ2v) is 5.86. The van der Waals surface area contributed by atoms with E-state index >= 15 is 0 Å². The minimum Gasteiger partial charge on any atom is -0.481 e. The Morgan fingerprint density at radius 2 is 2.05 bits per heavy atom. The van der Waals surface area contributed by atoms with Crippen LogP contribution in [0.1, 0.15) is 50.4 Å².